The zero-order chi connectivity index (χ0) is 14.5. The number of halogens is 3. The van der Waals surface area contributed by atoms with Crippen molar-refractivity contribution in [1.29, 1.82) is 0 Å². The second-order valence-electron chi connectivity index (χ2n) is 4.25. The highest BCUT2D eigenvalue weighted by molar-refractivity contribution is 5.15. The van der Waals surface area contributed by atoms with E-state index in [-0.39, 0.29) is 11.6 Å². The Morgan fingerprint density at radius 2 is 1.80 bits per heavy atom. The van der Waals surface area contributed by atoms with E-state index in [1.54, 1.807) is 0 Å². The highest BCUT2D eigenvalue weighted by Crippen LogP contribution is 2.17. The summed E-state index contributed by atoms with van der Waals surface area (Å²) >= 11 is 0. The van der Waals surface area contributed by atoms with Crippen LogP contribution in [0.25, 0.3) is 0 Å². The quantitative estimate of drug-likeness (QED) is 0.916. The number of nitrogens with one attached hydrogen (secondary N) is 1. The summed E-state index contributed by atoms with van der Waals surface area (Å²) in [7, 11) is 0. The Kier molecular flexibility index (Phi) is 4.62. The van der Waals surface area contributed by atoms with Crippen LogP contribution in [0.4, 0.5) is 13.2 Å². The molecule has 2 aromatic heterocycles. The van der Waals surface area contributed by atoms with Gasteiger partial charge < -0.3 is 5.32 Å². The minimum absolute atomic E-state index is 0.108. The Bertz CT molecular complexity index is 543. The van der Waals surface area contributed by atoms with Crippen LogP contribution in [0.2, 0.25) is 0 Å². The monoisotopic (exact) mass is 282 g/mol. The number of rotatable bonds is 5. The number of pyridine rings is 1. The molecule has 2 aromatic rings. The van der Waals surface area contributed by atoms with E-state index in [9.17, 15) is 13.2 Å². The average molecular weight is 282 g/mol. The van der Waals surface area contributed by atoms with E-state index in [1.165, 1.54) is 12.1 Å². The number of hydrogen-bond acceptors (Lipinski definition) is 4. The van der Waals surface area contributed by atoms with Crippen LogP contribution in [0.5, 0.6) is 0 Å². The zero-order valence-corrected chi connectivity index (χ0v) is 10.7. The van der Waals surface area contributed by atoms with Crippen LogP contribution in [0.15, 0.2) is 30.7 Å². The Morgan fingerprint density at radius 1 is 1.10 bits per heavy atom. The number of aromatic nitrogens is 3. The molecule has 0 aliphatic heterocycles. The molecule has 0 saturated carbocycles. The summed E-state index contributed by atoms with van der Waals surface area (Å²) in [4.78, 5) is 11.7. The van der Waals surface area contributed by atoms with Gasteiger partial charge in [-0.3, -0.25) is 4.98 Å². The maximum atomic E-state index is 12.7. The minimum Gasteiger partial charge on any atom is -0.302 e. The number of nitrogens with zero attached hydrogens (tertiary/aromatic N) is 3. The fraction of sp³-hybridized carbons (Fsp3) is 0.308. The van der Waals surface area contributed by atoms with Crippen LogP contribution >= 0.6 is 0 Å². The molecule has 0 aliphatic rings. The normalized spacial score (nSPS) is 12.7. The van der Waals surface area contributed by atoms with Crippen LogP contribution < -0.4 is 5.32 Å². The van der Waals surface area contributed by atoms with Gasteiger partial charge in [0.2, 0.25) is 0 Å². The molecule has 4 nitrogen and oxygen atoms in total. The first kappa shape index (κ1) is 14.4. The van der Waals surface area contributed by atoms with Gasteiger partial charge in [-0.2, -0.15) is 0 Å². The summed E-state index contributed by atoms with van der Waals surface area (Å²) in [6.45, 7) is 2.20. The minimum atomic E-state index is -2.52. The highest BCUT2D eigenvalue weighted by atomic mass is 19.3. The lowest BCUT2D eigenvalue weighted by atomic mass is 10.2. The Labute approximate surface area is 114 Å². The molecule has 106 valence electrons. The molecule has 0 spiro atoms. The molecule has 0 aliphatic carbocycles. The van der Waals surface area contributed by atoms with Crippen molar-refractivity contribution in [3.8, 4) is 0 Å². The summed E-state index contributed by atoms with van der Waals surface area (Å²) < 4.78 is 37.4. The van der Waals surface area contributed by atoms with E-state index in [0.717, 1.165) is 18.6 Å². The molecule has 0 amide bonds. The number of hydrogen-bond donors (Lipinski definition) is 1. The third-order valence-electron chi connectivity index (χ3n) is 2.72. The van der Waals surface area contributed by atoms with Crippen molar-refractivity contribution in [3.05, 3.63) is 53.6 Å². The third-order valence-corrected chi connectivity index (χ3v) is 2.72. The van der Waals surface area contributed by atoms with E-state index < -0.39 is 12.2 Å². The second-order valence-corrected chi connectivity index (χ2v) is 4.25. The van der Waals surface area contributed by atoms with Gasteiger partial charge in [-0.05, 0) is 19.1 Å². The Balaban J connectivity index is 1.92. The predicted octanol–water partition coefficient (Wildman–Crippen LogP) is 2.80. The molecule has 1 N–H and O–H groups in total. The topological polar surface area (TPSA) is 50.7 Å². The van der Waals surface area contributed by atoms with Crippen LogP contribution in [-0.4, -0.2) is 15.0 Å². The average Bonchev–Trinajstić information content (AvgIpc) is 2.46. The molecular weight excluding hydrogens is 269 g/mol. The first-order valence-corrected chi connectivity index (χ1v) is 6.00. The van der Waals surface area contributed by atoms with Gasteiger partial charge >= 0.3 is 0 Å². The molecule has 0 radical (unpaired) electrons. The lowest BCUT2D eigenvalue weighted by Crippen LogP contribution is -2.20. The maximum Gasteiger partial charge on any atom is 0.265 e. The SMILES string of the molecule is CC(NCc1ccc(C(F)F)cn1)c1ncc(F)cn1. The standard InChI is InChI=1S/C13H13F3N4/c1-8(13-19-5-10(14)6-20-13)17-7-11-3-2-9(4-18-11)12(15)16/h2-6,8,12,17H,7H2,1H3. The van der Waals surface area contributed by atoms with E-state index in [0.29, 0.717) is 18.1 Å². The van der Waals surface area contributed by atoms with E-state index in [2.05, 4.69) is 20.3 Å². The molecule has 2 rings (SSSR count). The molecular formula is C13H13F3N4. The van der Waals surface area contributed by atoms with Gasteiger partial charge in [0.15, 0.2) is 5.82 Å². The second kappa shape index (κ2) is 6.42. The molecule has 1 atom stereocenters. The van der Waals surface area contributed by atoms with E-state index in [4.69, 9.17) is 0 Å². The first-order chi connectivity index (χ1) is 9.56. The van der Waals surface area contributed by atoms with Crippen molar-refractivity contribution in [2.45, 2.75) is 25.9 Å². The van der Waals surface area contributed by atoms with Crippen LogP contribution in [0, 0.1) is 5.82 Å². The Hall–Kier alpha value is -2.02. The van der Waals surface area contributed by atoms with Crippen LogP contribution in [0.3, 0.4) is 0 Å². The summed E-state index contributed by atoms with van der Waals surface area (Å²) in [5, 5.41) is 3.09. The summed E-state index contributed by atoms with van der Waals surface area (Å²) in [5.74, 6) is -0.0409. The summed E-state index contributed by atoms with van der Waals surface area (Å²) in [6, 6.07) is 2.67. The predicted molar refractivity (Wildman–Crippen MR) is 66.4 cm³/mol. The van der Waals surface area contributed by atoms with Gasteiger partial charge in [0, 0.05) is 18.3 Å². The van der Waals surface area contributed by atoms with Gasteiger partial charge in [-0.25, -0.2) is 23.1 Å². The molecule has 1 unspecified atom stereocenters. The molecule has 2 heterocycles. The van der Waals surface area contributed by atoms with Crippen LogP contribution in [-0.2, 0) is 6.54 Å². The summed E-state index contributed by atoms with van der Waals surface area (Å²) in [6.07, 6.45) is 0.823. The lowest BCUT2D eigenvalue weighted by molar-refractivity contribution is 0.151. The van der Waals surface area contributed by atoms with E-state index in [1.807, 2.05) is 6.92 Å². The van der Waals surface area contributed by atoms with Crippen molar-refractivity contribution >= 4 is 0 Å². The summed E-state index contributed by atoms with van der Waals surface area (Å²) in [5.41, 5.74) is 0.520. The van der Waals surface area contributed by atoms with Crippen molar-refractivity contribution in [1.82, 2.24) is 20.3 Å². The first-order valence-electron chi connectivity index (χ1n) is 6.00. The highest BCUT2D eigenvalue weighted by Gasteiger charge is 2.10. The lowest BCUT2D eigenvalue weighted by Gasteiger charge is -2.12. The van der Waals surface area contributed by atoms with Crippen molar-refractivity contribution in [2.24, 2.45) is 0 Å². The molecule has 0 aromatic carbocycles. The number of alkyl halides is 2. The van der Waals surface area contributed by atoms with Crippen molar-refractivity contribution in [3.63, 3.8) is 0 Å². The van der Waals surface area contributed by atoms with Gasteiger partial charge in [0.1, 0.15) is 5.82 Å². The van der Waals surface area contributed by atoms with Crippen molar-refractivity contribution in [2.75, 3.05) is 0 Å². The van der Waals surface area contributed by atoms with Gasteiger partial charge in [0.25, 0.3) is 6.43 Å². The smallest absolute Gasteiger partial charge is 0.265 e. The fourth-order valence-electron chi connectivity index (χ4n) is 1.56. The van der Waals surface area contributed by atoms with Gasteiger partial charge in [0.05, 0.1) is 24.1 Å². The van der Waals surface area contributed by atoms with E-state index >= 15 is 0 Å². The fourth-order valence-corrected chi connectivity index (χ4v) is 1.56. The van der Waals surface area contributed by atoms with Gasteiger partial charge in [-0.15, -0.1) is 0 Å². The zero-order valence-electron chi connectivity index (χ0n) is 10.7. The molecule has 0 fully saturated rings. The maximum absolute atomic E-state index is 12.7. The largest absolute Gasteiger partial charge is 0.302 e. The third kappa shape index (κ3) is 3.74. The molecule has 0 saturated heterocycles. The van der Waals surface area contributed by atoms with Gasteiger partial charge in [-0.1, -0.05) is 0 Å². The van der Waals surface area contributed by atoms with Crippen LogP contribution in [0.1, 0.15) is 36.5 Å². The molecule has 20 heavy (non-hydrogen) atoms. The molecule has 7 heteroatoms. The van der Waals surface area contributed by atoms with Crippen molar-refractivity contribution < 1.29 is 13.2 Å². The Morgan fingerprint density at radius 3 is 2.35 bits per heavy atom. The molecule has 0 bridgehead atoms.